The first-order valence-corrected chi connectivity index (χ1v) is 6.20. The number of benzene rings is 1. The summed E-state index contributed by atoms with van der Waals surface area (Å²) < 4.78 is 18.3. The van der Waals surface area contributed by atoms with E-state index >= 15 is 0 Å². The van der Waals surface area contributed by atoms with Gasteiger partial charge in [0.15, 0.2) is 0 Å². The number of anilines is 3. The monoisotopic (exact) mass is 277 g/mol. The van der Waals surface area contributed by atoms with Crippen LogP contribution in [0.3, 0.4) is 0 Å². The van der Waals surface area contributed by atoms with Gasteiger partial charge in [-0.15, -0.1) is 0 Å². The second kappa shape index (κ2) is 6.14. The molecule has 0 atom stereocenters. The quantitative estimate of drug-likeness (QED) is 0.875. The van der Waals surface area contributed by atoms with E-state index in [2.05, 4.69) is 25.6 Å². The fourth-order valence-electron chi connectivity index (χ4n) is 1.45. The van der Waals surface area contributed by atoms with Gasteiger partial charge in [0.1, 0.15) is 5.82 Å². The summed E-state index contributed by atoms with van der Waals surface area (Å²) in [6.45, 7) is 3.77. The SMILES string of the molecule is CNc1nc(Nc2ccc(F)cc2)nc(OC(C)C)n1. The first-order chi connectivity index (χ1) is 9.56. The van der Waals surface area contributed by atoms with Crippen molar-refractivity contribution >= 4 is 17.6 Å². The third-order valence-corrected chi connectivity index (χ3v) is 2.28. The summed E-state index contributed by atoms with van der Waals surface area (Å²) in [5.41, 5.74) is 0.676. The molecular weight excluding hydrogens is 261 g/mol. The molecule has 6 nitrogen and oxygen atoms in total. The third-order valence-electron chi connectivity index (χ3n) is 2.28. The number of nitrogens with one attached hydrogen (secondary N) is 2. The van der Waals surface area contributed by atoms with Crippen LogP contribution >= 0.6 is 0 Å². The predicted molar refractivity (Wildman–Crippen MR) is 74.8 cm³/mol. The molecule has 0 saturated heterocycles. The lowest BCUT2D eigenvalue weighted by atomic mass is 10.3. The lowest BCUT2D eigenvalue weighted by Gasteiger charge is -2.11. The second-order valence-corrected chi connectivity index (χ2v) is 4.31. The molecule has 0 amide bonds. The van der Waals surface area contributed by atoms with Crippen LogP contribution in [0, 0.1) is 5.82 Å². The second-order valence-electron chi connectivity index (χ2n) is 4.31. The fraction of sp³-hybridized carbons (Fsp3) is 0.308. The fourth-order valence-corrected chi connectivity index (χ4v) is 1.45. The van der Waals surface area contributed by atoms with Gasteiger partial charge in [-0.3, -0.25) is 0 Å². The van der Waals surface area contributed by atoms with Crippen LogP contribution in [-0.2, 0) is 0 Å². The largest absolute Gasteiger partial charge is 0.461 e. The van der Waals surface area contributed by atoms with Crippen LogP contribution in [0.2, 0.25) is 0 Å². The number of ether oxygens (including phenoxy) is 1. The Labute approximate surface area is 116 Å². The zero-order valence-corrected chi connectivity index (χ0v) is 11.5. The Bertz CT molecular complexity index is 573. The molecule has 1 aromatic carbocycles. The van der Waals surface area contributed by atoms with Crippen molar-refractivity contribution in [1.29, 1.82) is 0 Å². The highest BCUT2D eigenvalue weighted by Crippen LogP contribution is 2.17. The van der Waals surface area contributed by atoms with E-state index < -0.39 is 0 Å². The van der Waals surface area contributed by atoms with Gasteiger partial charge in [-0.2, -0.15) is 15.0 Å². The van der Waals surface area contributed by atoms with Gasteiger partial charge in [-0.25, -0.2) is 4.39 Å². The van der Waals surface area contributed by atoms with Gasteiger partial charge in [0.25, 0.3) is 0 Å². The van der Waals surface area contributed by atoms with Crippen molar-refractivity contribution in [1.82, 2.24) is 15.0 Å². The van der Waals surface area contributed by atoms with Crippen molar-refractivity contribution in [2.45, 2.75) is 20.0 Å². The molecule has 0 aliphatic heterocycles. The summed E-state index contributed by atoms with van der Waals surface area (Å²) in [4.78, 5) is 12.4. The number of rotatable bonds is 5. The van der Waals surface area contributed by atoms with E-state index in [1.807, 2.05) is 13.8 Å². The molecule has 0 radical (unpaired) electrons. The summed E-state index contributed by atoms with van der Waals surface area (Å²) >= 11 is 0. The van der Waals surface area contributed by atoms with Gasteiger partial charge in [-0.1, -0.05) is 0 Å². The Morgan fingerprint density at radius 3 is 2.30 bits per heavy atom. The van der Waals surface area contributed by atoms with E-state index in [0.717, 1.165) is 0 Å². The maximum absolute atomic E-state index is 12.9. The van der Waals surface area contributed by atoms with Gasteiger partial charge < -0.3 is 15.4 Å². The smallest absolute Gasteiger partial charge is 0.323 e. The minimum Gasteiger partial charge on any atom is -0.461 e. The van der Waals surface area contributed by atoms with Crippen molar-refractivity contribution in [2.24, 2.45) is 0 Å². The van der Waals surface area contributed by atoms with Gasteiger partial charge in [0.2, 0.25) is 11.9 Å². The highest BCUT2D eigenvalue weighted by molar-refractivity contribution is 5.54. The van der Waals surface area contributed by atoms with E-state index in [1.54, 1.807) is 19.2 Å². The Morgan fingerprint density at radius 1 is 1.05 bits per heavy atom. The van der Waals surface area contributed by atoms with Crippen LogP contribution in [0.1, 0.15) is 13.8 Å². The molecule has 0 aliphatic carbocycles. The Morgan fingerprint density at radius 2 is 1.70 bits per heavy atom. The molecule has 0 fully saturated rings. The molecule has 1 aromatic heterocycles. The lowest BCUT2D eigenvalue weighted by molar-refractivity contribution is 0.222. The summed E-state index contributed by atoms with van der Waals surface area (Å²) in [5, 5.41) is 5.80. The standard InChI is InChI=1S/C13H16FN5O/c1-8(2)20-13-18-11(15-3)17-12(19-13)16-10-6-4-9(14)5-7-10/h4-8H,1-3H3,(H2,15,16,17,18,19). The summed E-state index contributed by atoms with van der Waals surface area (Å²) in [7, 11) is 1.70. The maximum atomic E-state index is 12.9. The van der Waals surface area contributed by atoms with Gasteiger partial charge in [-0.05, 0) is 38.1 Å². The minimum atomic E-state index is -0.300. The van der Waals surface area contributed by atoms with Gasteiger partial charge in [0.05, 0.1) is 6.10 Å². The molecule has 1 heterocycles. The molecule has 7 heteroatoms. The summed E-state index contributed by atoms with van der Waals surface area (Å²) in [5.74, 6) is 0.415. The van der Waals surface area contributed by atoms with Crippen molar-refractivity contribution < 1.29 is 9.13 Å². The highest BCUT2D eigenvalue weighted by Gasteiger charge is 2.08. The van der Waals surface area contributed by atoms with Gasteiger partial charge >= 0.3 is 6.01 Å². The first kappa shape index (κ1) is 14.0. The molecule has 2 rings (SSSR count). The highest BCUT2D eigenvalue weighted by atomic mass is 19.1. The molecular formula is C13H16FN5O. The number of nitrogens with zero attached hydrogens (tertiary/aromatic N) is 3. The lowest BCUT2D eigenvalue weighted by Crippen LogP contribution is -2.11. The molecule has 0 saturated carbocycles. The van der Waals surface area contributed by atoms with Crippen molar-refractivity contribution in [3.8, 4) is 6.01 Å². The topological polar surface area (TPSA) is 72.0 Å². The maximum Gasteiger partial charge on any atom is 0.323 e. The molecule has 106 valence electrons. The van der Waals surface area contributed by atoms with E-state index in [1.165, 1.54) is 12.1 Å². The predicted octanol–water partition coefficient (Wildman–Crippen LogP) is 2.58. The van der Waals surface area contributed by atoms with E-state index in [-0.39, 0.29) is 17.9 Å². The first-order valence-electron chi connectivity index (χ1n) is 6.20. The zero-order chi connectivity index (χ0) is 14.5. The van der Waals surface area contributed by atoms with E-state index in [4.69, 9.17) is 4.74 Å². The van der Waals surface area contributed by atoms with E-state index in [9.17, 15) is 4.39 Å². The Balaban J connectivity index is 2.23. The molecule has 0 bridgehead atoms. The minimum absolute atomic E-state index is 0.0409. The normalized spacial score (nSPS) is 10.4. The average molecular weight is 277 g/mol. The van der Waals surface area contributed by atoms with Crippen molar-refractivity contribution in [3.05, 3.63) is 30.1 Å². The zero-order valence-electron chi connectivity index (χ0n) is 11.5. The molecule has 2 aromatic rings. The summed E-state index contributed by atoms with van der Waals surface area (Å²) in [6.07, 6.45) is -0.0409. The van der Waals surface area contributed by atoms with Crippen LogP contribution < -0.4 is 15.4 Å². The van der Waals surface area contributed by atoms with Crippen LogP contribution in [0.15, 0.2) is 24.3 Å². The van der Waals surface area contributed by atoms with Crippen LogP contribution in [0.25, 0.3) is 0 Å². The van der Waals surface area contributed by atoms with Crippen molar-refractivity contribution in [2.75, 3.05) is 17.7 Å². The Kier molecular flexibility index (Phi) is 4.29. The van der Waals surface area contributed by atoms with Crippen LogP contribution in [0.4, 0.5) is 22.0 Å². The molecule has 20 heavy (non-hydrogen) atoms. The van der Waals surface area contributed by atoms with Gasteiger partial charge in [0, 0.05) is 12.7 Å². The molecule has 2 N–H and O–H groups in total. The number of hydrogen-bond donors (Lipinski definition) is 2. The molecule has 0 spiro atoms. The molecule has 0 aliphatic rings. The van der Waals surface area contributed by atoms with Crippen molar-refractivity contribution in [3.63, 3.8) is 0 Å². The number of aromatic nitrogens is 3. The number of halogens is 1. The molecule has 0 unspecified atom stereocenters. The average Bonchev–Trinajstić information content (AvgIpc) is 2.40. The Hall–Kier alpha value is -2.44. The van der Waals surface area contributed by atoms with E-state index in [0.29, 0.717) is 17.6 Å². The number of hydrogen-bond acceptors (Lipinski definition) is 6. The third kappa shape index (κ3) is 3.78. The van der Waals surface area contributed by atoms with Crippen LogP contribution in [-0.4, -0.2) is 28.1 Å². The van der Waals surface area contributed by atoms with Crippen LogP contribution in [0.5, 0.6) is 6.01 Å². The summed E-state index contributed by atoms with van der Waals surface area (Å²) in [6, 6.07) is 6.13.